The van der Waals surface area contributed by atoms with Crippen LogP contribution in [0.3, 0.4) is 0 Å². The summed E-state index contributed by atoms with van der Waals surface area (Å²) in [5.41, 5.74) is 5.33. The van der Waals surface area contributed by atoms with Crippen molar-refractivity contribution in [3.05, 3.63) is 23.8 Å². The Bertz CT molecular complexity index is 434. The maximum absolute atomic E-state index is 13.5. The summed E-state index contributed by atoms with van der Waals surface area (Å²) >= 11 is 0.813. The molecule has 0 spiro atoms. The minimum Gasteiger partial charge on any atom is -0.399 e. The van der Waals surface area contributed by atoms with Gasteiger partial charge in [0.15, 0.2) is 0 Å². The van der Waals surface area contributed by atoms with Gasteiger partial charge in [0.1, 0.15) is 11.6 Å². The van der Waals surface area contributed by atoms with Crippen molar-refractivity contribution in [2.24, 2.45) is 0 Å². The third-order valence-electron chi connectivity index (χ3n) is 2.29. The van der Waals surface area contributed by atoms with E-state index in [2.05, 4.69) is 5.32 Å². The largest absolute Gasteiger partial charge is 0.399 e. The summed E-state index contributed by atoms with van der Waals surface area (Å²) in [5.74, 6) is -1.84. The van der Waals surface area contributed by atoms with Crippen LogP contribution in [0.5, 0.6) is 0 Å². The van der Waals surface area contributed by atoms with Gasteiger partial charge in [0.05, 0.1) is 16.8 Å². The third kappa shape index (κ3) is 4.68. The van der Waals surface area contributed by atoms with Gasteiger partial charge in [0.2, 0.25) is 5.91 Å². The maximum Gasteiger partial charge on any atom is 0.233 e. The minimum absolute atomic E-state index is 0.0107. The van der Waals surface area contributed by atoms with Crippen LogP contribution in [0.4, 0.5) is 14.5 Å². The number of carbonyl (C=O) groups is 1. The number of methoxy groups -OCH3 is 1. The molecule has 1 atom stereocenters. The van der Waals surface area contributed by atoms with E-state index in [0.717, 1.165) is 23.9 Å². The lowest BCUT2D eigenvalue weighted by molar-refractivity contribution is -0.120. The molecule has 0 fully saturated rings. The number of thioether (sulfide) groups is 1. The normalized spacial score (nSPS) is 12.2. The second-order valence-corrected chi connectivity index (χ2v) is 5.21. The molecule has 1 unspecified atom stereocenters. The first-order valence-corrected chi connectivity index (χ1v) is 6.51. The summed E-state index contributed by atoms with van der Waals surface area (Å²) in [4.78, 5) is 11.4. The fourth-order valence-electron chi connectivity index (χ4n) is 1.34. The molecule has 0 aliphatic carbocycles. The molecule has 0 saturated carbocycles. The predicted molar refractivity (Wildman–Crippen MR) is 71.0 cm³/mol. The highest BCUT2D eigenvalue weighted by Crippen LogP contribution is 2.30. The van der Waals surface area contributed by atoms with Crippen molar-refractivity contribution in [3.63, 3.8) is 0 Å². The Kier molecular flexibility index (Phi) is 6.04. The van der Waals surface area contributed by atoms with E-state index in [1.807, 2.05) is 0 Å². The first-order chi connectivity index (χ1) is 8.95. The number of amides is 1. The summed E-state index contributed by atoms with van der Waals surface area (Å²) in [5, 5.41) is 1.98. The topological polar surface area (TPSA) is 64.3 Å². The monoisotopic (exact) mass is 290 g/mol. The number of benzene rings is 1. The van der Waals surface area contributed by atoms with Crippen molar-refractivity contribution >= 4 is 23.4 Å². The zero-order chi connectivity index (χ0) is 14.4. The van der Waals surface area contributed by atoms with Crippen LogP contribution < -0.4 is 11.1 Å². The van der Waals surface area contributed by atoms with Gasteiger partial charge in [0, 0.05) is 19.3 Å². The smallest absolute Gasteiger partial charge is 0.233 e. The summed E-state index contributed by atoms with van der Waals surface area (Å²) in [7, 11) is 1.52. The number of halogens is 2. The Hall–Kier alpha value is -1.34. The van der Waals surface area contributed by atoms with Gasteiger partial charge in [-0.25, -0.2) is 8.78 Å². The van der Waals surface area contributed by atoms with Gasteiger partial charge in [-0.3, -0.25) is 4.79 Å². The first kappa shape index (κ1) is 15.7. The van der Waals surface area contributed by atoms with Crippen LogP contribution in [0.1, 0.15) is 6.92 Å². The number of ether oxygens (including phenoxy) is 1. The molecule has 1 aromatic carbocycles. The second kappa shape index (κ2) is 7.30. The quantitative estimate of drug-likeness (QED) is 0.476. The van der Waals surface area contributed by atoms with Gasteiger partial charge in [0.25, 0.3) is 0 Å². The number of rotatable bonds is 6. The van der Waals surface area contributed by atoms with Crippen LogP contribution in [0.25, 0.3) is 0 Å². The Balaban J connectivity index is 2.66. The lowest BCUT2D eigenvalue weighted by atomic mass is 10.3. The van der Waals surface area contributed by atoms with E-state index in [4.69, 9.17) is 10.5 Å². The Labute approximate surface area is 114 Å². The molecular formula is C12H16F2N2O2S. The van der Waals surface area contributed by atoms with E-state index in [0.29, 0.717) is 13.2 Å². The molecule has 7 heteroatoms. The molecule has 0 aromatic heterocycles. The van der Waals surface area contributed by atoms with Gasteiger partial charge < -0.3 is 15.8 Å². The van der Waals surface area contributed by atoms with Crippen LogP contribution >= 0.6 is 11.8 Å². The molecule has 106 valence electrons. The van der Waals surface area contributed by atoms with Crippen molar-refractivity contribution in [2.75, 3.05) is 26.0 Å². The molecule has 3 N–H and O–H groups in total. The average Bonchev–Trinajstić information content (AvgIpc) is 2.33. The van der Waals surface area contributed by atoms with Crippen molar-refractivity contribution < 1.29 is 18.3 Å². The molecule has 0 radical (unpaired) electrons. The van der Waals surface area contributed by atoms with Crippen LogP contribution in [0.15, 0.2) is 17.0 Å². The fourth-order valence-corrected chi connectivity index (χ4v) is 2.23. The number of hydrogen-bond acceptors (Lipinski definition) is 4. The van der Waals surface area contributed by atoms with Crippen LogP contribution in [-0.2, 0) is 9.53 Å². The SMILES string of the molecule is COCCNC(=O)C(C)Sc1c(F)cc(N)cc1F. The number of nitrogen functional groups attached to an aromatic ring is 1. The minimum atomic E-state index is -0.765. The highest BCUT2D eigenvalue weighted by molar-refractivity contribution is 8.00. The molecule has 0 aliphatic rings. The Morgan fingerprint density at radius 3 is 2.58 bits per heavy atom. The lowest BCUT2D eigenvalue weighted by Crippen LogP contribution is -2.33. The molecule has 1 aromatic rings. The number of anilines is 1. The van der Waals surface area contributed by atoms with E-state index in [1.165, 1.54) is 7.11 Å². The van der Waals surface area contributed by atoms with Crippen LogP contribution in [0, 0.1) is 11.6 Å². The molecule has 0 aliphatic heterocycles. The summed E-state index contributed by atoms with van der Waals surface area (Å²) in [6, 6.07) is 2.06. The van der Waals surface area contributed by atoms with Gasteiger partial charge in [-0.1, -0.05) is 0 Å². The zero-order valence-electron chi connectivity index (χ0n) is 10.7. The second-order valence-electron chi connectivity index (χ2n) is 3.86. The van der Waals surface area contributed by atoms with Crippen molar-refractivity contribution in [1.82, 2.24) is 5.32 Å². The van der Waals surface area contributed by atoms with E-state index in [9.17, 15) is 13.6 Å². The van der Waals surface area contributed by atoms with E-state index in [1.54, 1.807) is 6.92 Å². The average molecular weight is 290 g/mol. The third-order valence-corrected chi connectivity index (χ3v) is 3.48. The van der Waals surface area contributed by atoms with Crippen LogP contribution in [0.2, 0.25) is 0 Å². The van der Waals surface area contributed by atoms with E-state index >= 15 is 0 Å². The number of hydrogen-bond donors (Lipinski definition) is 2. The molecule has 19 heavy (non-hydrogen) atoms. The van der Waals surface area contributed by atoms with Gasteiger partial charge in [-0.05, 0) is 19.1 Å². The fraction of sp³-hybridized carbons (Fsp3) is 0.417. The van der Waals surface area contributed by atoms with Gasteiger partial charge >= 0.3 is 0 Å². The number of nitrogens with one attached hydrogen (secondary N) is 1. The summed E-state index contributed by atoms with van der Waals surface area (Å²) in [6.07, 6.45) is 0. The Morgan fingerprint density at radius 2 is 2.05 bits per heavy atom. The molecule has 0 heterocycles. The number of carbonyl (C=O) groups excluding carboxylic acids is 1. The van der Waals surface area contributed by atoms with E-state index in [-0.39, 0.29) is 16.5 Å². The molecular weight excluding hydrogens is 274 g/mol. The first-order valence-electron chi connectivity index (χ1n) is 5.63. The van der Waals surface area contributed by atoms with Gasteiger partial charge in [-0.15, -0.1) is 11.8 Å². The zero-order valence-corrected chi connectivity index (χ0v) is 11.5. The van der Waals surface area contributed by atoms with Crippen molar-refractivity contribution in [1.29, 1.82) is 0 Å². The highest BCUT2D eigenvalue weighted by Gasteiger charge is 2.19. The predicted octanol–water partition coefficient (Wildman–Crippen LogP) is 1.79. The van der Waals surface area contributed by atoms with Crippen LogP contribution in [-0.4, -0.2) is 31.4 Å². The molecule has 1 rings (SSSR count). The molecule has 4 nitrogen and oxygen atoms in total. The molecule has 0 bridgehead atoms. The van der Waals surface area contributed by atoms with Crippen molar-refractivity contribution in [3.8, 4) is 0 Å². The summed E-state index contributed by atoms with van der Waals surface area (Å²) < 4.78 is 31.9. The summed E-state index contributed by atoms with van der Waals surface area (Å²) in [6.45, 7) is 2.31. The number of nitrogens with two attached hydrogens (primary N) is 1. The molecule has 1 amide bonds. The maximum atomic E-state index is 13.5. The standard InChI is InChI=1S/C12H16F2N2O2S/c1-7(12(17)16-3-4-18-2)19-11-9(13)5-8(15)6-10(11)14/h5-7H,3-4,15H2,1-2H3,(H,16,17). The highest BCUT2D eigenvalue weighted by atomic mass is 32.2. The van der Waals surface area contributed by atoms with Gasteiger partial charge in [-0.2, -0.15) is 0 Å². The van der Waals surface area contributed by atoms with E-state index < -0.39 is 16.9 Å². The Morgan fingerprint density at radius 1 is 1.47 bits per heavy atom. The lowest BCUT2D eigenvalue weighted by Gasteiger charge is -2.13. The van der Waals surface area contributed by atoms with Crippen molar-refractivity contribution in [2.45, 2.75) is 17.1 Å². The molecule has 0 saturated heterocycles.